The van der Waals surface area contributed by atoms with Gasteiger partial charge in [-0.3, -0.25) is 4.18 Å². The first-order chi connectivity index (χ1) is 19.1. The zero-order valence-electron chi connectivity index (χ0n) is 23.4. The molecule has 0 amide bonds. The van der Waals surface area contributed by atoms with Crippen molar-refractivity contribution in [2.45, 2.75) is 77.9 Å². The van der Waals surface area contributed by atoms with Gasteiger partial charge in [0, 0.05) is 0 Å². The normalized spacial score (nSPS) is 12.8. The number of nitrogens with zero attached hydrogens (tertiary/aromatic N) is 2. The molecule has 12 nitrogen and oxygen atoms in total. The lowest BCUT2D eigenvalue weighted by molar-refractivity contribution is -0.671. The van der Waals surface area contributed by atoms with E-state index in [1.54, 1.807) is 48.5 Å². The van der Waals surface area contributed by atoms with Crippen molar-refractivity contribution < 1.29 is 50.3 Å². The molecule has 0 fully saturated rings. The number of benzene rings is 1. The van der Waals surface area contributed by atoms with Crippen LogP contribution in [0.2, 0.25) is 0 Å². The monoisotopic (exact) mass is 584 g/mol. The van der Waals surface area contributed by atoms with Gasteiger partial charge in [-0.2, -0.15) is 0 Å². The number of imidazole rings is 1. The second kappa shape index (κ2) is 17.5. The van der Waals surface area contributed by atoms with Crippen molar-refractivity contribution in [3.05, 3.63) is 42.5 Å². The lowest BCUT2D eigenvalue weighted by atomic mass is 10.1. The van der Waals surface area contributed by atoms with Crippen LogP contribution in [-0.4, -0.2) is 49.5 Å². The van der Waals surface area contributed by atoms with E-state index in [1.165, 1.54) is 23.8 Å². The van der Waals surface area contributed by atoms with Crippen molar-refractivity contribution in [2.24, 2.45) is 7.05 Å². The van der Waals surface area contributed by atoms with Gasteiger partial charge in [-0.25, -0.2) is 27.1 Å². The van der Waals surface area contributed by atoms with Crippen molar-refractivity contribution >= 4 is 22.3 Å². The predicted octanol–water partition coefficient (Wildman–Crippen LogP) is 3.49. The van der Waals surface area contributed by atoms with Crippen molar-refractivity contribution in [1.82, 2.24) is 4.57 Å². The topological polar surface area (TPSA) is 146 Å². The number of rotatable bonds is 16. The Morgan fingerprint density at radius 3 is 2.33 bits per heavy atom. The number of hydrogen-bond donors (Lipinski definition) is 0. The molecule has 2 heterocycles. The third-order valence-electron chi connectivity index (χ3n) is 5.82. The van der Waals surface area contributed by atoms with Crippen LogP contribution in [-0.2, 0) is 47.3 Å². The van der Waals surface area contributed by atoms with E-state index in [-0.39, 0.29) is 26.6 Å². The summed E-state index contributed by atoms with van der Waals surface area (Å²) in [7, 11) is -2.67. The van der Waals surface area contributed by atoms with Crippen LogP contribution >= 0.6 is 0 Å². The minimum atomic E-state index is -4.47. The van der Waals surface area contributed by atoms with Crippen LogP contribution in [0.4, 0.5) is 0 Å². The maximum Gasteiger partial charge on any atom is 0.364 e. The van der Waals surface area contributed by atoms with Crippen LogP contribution in [0.25, 0.3) is 0 Å². The van der Waals surface area contributed by atoms with E-state index >= 15 is 0 Å². The van der Waals surface area contributed by atoms with Gasteiger partial charge in [0.1, 0.15) is 19.0 Å². The Balaban J connectivity index is 0.000000366. The molecule has 224 valence electrons. The third kappa shape index (κ3) is 12.3. The zero-order valence-corrected chi connectivity index (χ0v) is 24.2. The van der Waals surface area contributed by atoms with Crippen LogP contribution in [0, 0.1) is 0 Å². The summed E-state index contributed by atoms with van der Waals surface area (Å²) < 4.78 is 58.4. The van der Waals surface area contributed by atoms with Crippen LogP contribution in [0.5, 0.6) is 11.5 Å². The molecule has 1 atom stereocenters. The average molecular weight is 585 g/mol. The number of carbonyl (C=O) groups excluding carboxylic acids is 2. The van der Waals surface area contributed by atoms with Gasteiger partial charge in [-0.05, 0) is 30.5 Å². The fraction of sp³-hybridized carbons (Fsp3) is 0.593. The highest BCUT2D eigenvalue weighted by atomic mass is 32.3. The Morgan fingerprint density at radius 1 is 0.975 bits per heavy atom. The lowest BCUT2D eigenvalue weighted by Gasteiger charge is -2.13. The van der Waals surface area contributed by atoms with Gasteiger partial charge >= 0.3 is 11.9 Å². The van der Waals surface area contributed by atoms with E-state index < -0.39 is 28.4 Å². The first-order valence-corrected chi connectivity index (χ1v) is 14.8. The third-order valence-corrected chi connectivity index (χ3v) is 6.28. The summed E-state index contributed by atoms with van der Waals surface area (Å²) in [6.07, 6.45) is 12.8. The van der Waals surface area contributed by atoms with Crippen molar-refractivity contribution in [1.29, 1.82) is 0 Å². The highest BCUT2D eigenvalue weighted by Gasteiger charge is 2.36. The first kappa shape index (κ1) is 33.0. The van der Waals surface area contributed by atoms with Gasteiger partial charge in [-0.15, -0.1) is 0 Å². The highest BCUT2D eigenvalue weighted by molar-refractivity contribution is 7.80. The minimum Gasteiger partial charge on any atom is -0.726 e. The average Bonchev–Trinajstić information content (AvgIpc) is 3.55. The van der Waals surface area contributed by atoms with Crippen molar-refractivity contribution in [2.75, 3.05) is 20.0 Å². The van der Waals surface area contributed by atoms with Gasteiger partial charge in [0.2, 0.25) is 23.5 Å². The molecule has 1 aromatic heterocycles. The molecule has 2 aromatic rings. The Morgan fingerprint density at radius 2 is 1.65 bits per heavy atom. The van der Waals surface area contributed by atoms with Crippen LogP contribution in [0.15, 0.2) is 36.9 Å². The molecule has 3 rings (SSSR count). The number of unbranched alkanes of at least 4 members (excludes halogenated alkanes) is 6. The Labute approximate surface area is 236 Å². The number of aryl methyl sites for hydroxylation is 1. The van der Waals surface area contributed by atoms with E-state index in [0.717, 1.165) is 31.2 Å². The molecule has 1 aromatic carbocycles. The molecule has 0 radical (unpaired) electrons. The number of fused-ring (bicyclic) bond motifs is 1. The maximum atomic E-state index is 12.6. The van der Waals surface area contributed by atoms with Crippen LogP contribution in [0.3, 0.4) is 0 Å². The summed E-state index contributed by atoms with van der Waals surface area (Å²) in [5.74, 6) is -0.0421. The molecule has 1 unspecified atom stereocenters. The minimum absolute atomic E-state index is 0.0155. The quantitative estimate of drug-likeness (QED) is 0.0717. The molecule has 0 saturated heterocycles. The molecule has 0 bridgehead atoms. The molecule has 1 aliphatic heterocycles. The van der Waals surface area contributed by atoms with E-state index in [0.29, 0.717) is 17.9 Å². The van der Waals surface area contributed by atoms with E-state index in [1.807, 2.05) is 6.92 Å². The summed E-state index contributed by atoms with van der Waals surface area (Å²) in [5, 5.41) is 0. The molecule has 1 aliphatic rings. The smallest absolute Gasteiger partial charge is 0.364 e. The van der Waals surface area contributed by atoms with Gasteiger partial charge in [0.25, 0.3) is 6.04 Å². The molecule has 40 heavy (non-hydrogen) atoms. The summed E-state index contributed by atoms with van der Waals surface area (Å²) in [5.41, 5.74) is 0.740. The first-order valence-electron chi connectivity index (χ1n) is 13.5. The molecular formula is C27H40N2O10S. The second-order valence-electron chi connectivity index (χ2n) is 9.24. The second-order valence-corrected chi connectivity index (χ2v) is 10.3. The fourth-order valence-corrected chi connectivity index (χ4v) is 3.99. The maximum absolute atomic E-state index is 12.6. The lowest BCUT2D eigenvalue weighted by Crippen LogP contribution is -2.32. The van der Waals surface area contributed by atoms with Gasteiger partial charge in [0.05, 0.1) is 20.3 Å². The summed E-state index contributed by atoms with van der Waals surface area (Å²) >= 11 is 0. The number of hydrogen-bond acceptors (Lipinski definition) is 10. The highest BCUT2D eigenvalue weighted by Crippen LogP contribution is 2.32. The van der Waals surface area contributed by atoms with E-state index in [4.69, 9.17) is 18.9 Å². The molecule has 0 spiro atoms. The van der Waals surface area contributed by atoms with E-state index in [9.17, 15) is 22.6 Å². The molecule has 0 N–H and O–H groups in total. The SMILES string of the molecule is CCCCCCCCOS(=O)(=O)[O-].CCCCOC(=O)C(C(=O)OCc1ccc2c(c1)OCO2)n1cc[n+](C)c1. The van der Waals surface area contributed by atoms with Gasteiger partial charge in [0.15, 0.2) is 11.5 Å². The summed E-state index contributed by atoms with van der Waals surface area (Å²) in [6.45, 7) is 4.62. The number of esters is 2. The number of aromatic nitrogens is 2. The fourth-order valence-electron chi connectivity index (χ4n) is 3.67. The van der Waals surface area contributed by atoms with Crippen LogP contribution < -0.4 is 14.0 Å². The standard InChI is InChI=1S/C19H23N2O6.C8H18O4S/c1-3-4-9-24-18(22)17(21-8-7-20(2)12-21)19(23)25-11-14-5-6-15-16(10-14)27-13-26-15;1-2-3-4-5-6-7-8-12-13(9,10)11/h5-8,10,12,17H,3-4,9,11,13H2,1-2H3;2-8H2,1H3,(H,9,10,11)/q+1;/p-1. The Bertz CT molecular complexity index is 1170. The summed E-state index contributed by atoms with van der Waals surface area (Å²) in [6, 6.07) is 4.11. The summed E-state index contributed by atoms with van der Waals surface area (Å²) in [4.78, 5) is 25.1. The molecule has 0 aliphatic carbocycles. The number of ether oxygens (including phenoxy) is 4. The molecule has 13 heteroatoms. The van der Waals surface area contributed by atoms with Crippen LogP contribution in [0.1, 0.15) is 76.8 Å². The Kier molecular flexibility index (Phi) is 14.5. The van der Waals surface area contributed by atoms with Crippen molar-refractivity contribution in [3.63, 3.8) is 0 Å². The molecule has 0 saturated carbocycles. The van der Waals surface area contributed by atoms with E-state index in [2.05, 4.69) is 11.1 Å². The Hall–Kier alpha value is -3.16. The molecular weight excluding hydrogens is 544 g/mol. The largest absolute Gasteiger partial charge is 0.726 e. The van der Waals surface area contributed by atoms with Gasteiger partial charge < -0.3 is 23.5 Å². The zero-order chi connectivity index (χ0) is 29.4. The van der Waals surface area contributed by atoms with Gasteiger partial charge in [-0.1, -0.05) is 58.4 Å². The van der Waals surface area contributed by atoms with Crippen molar-refractivity contribution in [3.8, 4) is 11.5 Å². The number of carbonyl (C=O) groups is 2. The predicted molar refractivity (Wildman–Crippen MR) is 142 cm³/mol.